The summed E-state index contributed by atoms with van der Waals surface area (Å²) in [6.45, 7) is -0.464. The maximum atomic E-state index is 12.3. The van der Waals surface area contributed by atoms with Crippen molar-refractivity contribution in [3.63, 3.8) is 0 Å². The molecule has 1 unspecified atom stereocenters. The van der Waals surface area contributed by atoms with Crippen LogP contribution in [0.15, 0.2) is 66.7 Å². The summed E-state index contributed by atoms with van der Waals surface area (Å²) in [4.78, 5) is 35.8. The number of hydrogen-bond acceptors (Lipinski definition) is 4. The summed E-state index contributed by atoms with van der Waals surface area (Å²) in [5.41, 5.74) is 6.35. The minimum absolute atomic E-state index is 0.228. The van der Waals surface area contributed by atoms with Crippen LogP contribution in [0, 0.1) is 0 Å². The summed E-state index contributed by atoms with van der Waals surface area (Å²) in [7, 11) is 0. The lowest BCUT2D eigenvalue weighted by molar-refractivity contribution is -0.147. The molecular weight excluding hydrogens is 406 g/mol. The molecule has 7 nitrogen and oxygen atoms in total. The summed E-state index contributed by atoms with van der Waals surface area (Å²) < 4.78 is 5.08. The van der Waals surface area contributed by atoms with E-state index in [1.54, 1.807) is 30.3 Å². The molecular formula is C22H20ClN3O4. The third-order valence-electron chi connectivity index (χ3n) is 4.40. The molecule has 0 saturated heterocycles. The molecule has 0 radical (unpaired) electrons. The van der Waals surface area contributed by atoms with Gasteiger partial charge in [0.25, 0.3) is 5.91 Å². The van der Waals surface area contributed by atoms with Crippen LogP contribution >= 0.6 is 11.6 Å². The van der Waals surface area contributed by atoms with Crippen molar-refractivity contribution < 1.29 is 19.1 Å². The number of carbonyl (C=O) groups excluding carboxylic acids is 3. The number of rotatable bonds is 7. The zero-order valence-corrected chi connectivity index (χ0v) is 16.7. The van der Waals surface area contributed by atoms with Gasteiger partial charge in [-0.2, -0.15) is 0 Å². The smallest absolute Gasteiger partial charge is 0.312 e. The van der Waals surface area contributed by atoms with E-state index in [0.29, 0.717) is 16.3 Å². The molecule has 8 heteroatoms. The average molecular weight is 426 g/mol. The fourth-order valence-corrected chi connectivity index (χ4v) is 3.33. The monoisotopic (exact) mass is 425 g/mol. The number of anilines is 1. The van der Waals surface area contributed by atoms with E-state index in [2.05, 4.69) is 10.6 Å². The van der Waals surface area contributed by atoms with Gasteiger partial charge in [0.05, 0.1) is 12.5 Å². The number of ether oxygens (including phenoxy) is 1. The average Bonchev–Trinajstić information content (AvgIpc) is 2.72. The highest BCUT2D eigenvalue weighted by molar-refractivity contribution is 6.31. The number of nitrogens with two attached hydrogens (primary N) is 1. The summed E-state index contributed by atoms with van der Waals surface area (Å²) in [5.74, 6) is -1.15. The standard InChI is InChI=1S/C22H20ClN3O4/c23-17-10-4-3-9-16(17)19(26-22(24)29)12-21(28)30-13-20(27)25-18-11-5-7-14-6-1-2-8-15(14)18/h1-11,19H,12-13H2,(H,25,27)(H3,24,26,29). The molecule has 0 heterocycles. The molecule has 0 saturated carbocycles. The zero-order valence-electron chi connectivity index (χ0n) is 15.9. The number of halogens is 1. The van der Waals surface area contributed by atoms with Gasteiger partial charge >= 0.3 is 12.0 Å². The first kappa shape index (κ1) is 21.1. The van der Waals surface area contributed by atoms with Crippen LogP contribution in [-0.2, 0) is 14.3 Å². The Labute approximate surface area is 178 Å². The third-order valence-corrected chi connectivity index (χ3v) is 4.74. The Morgan fingerprint density at radius 3 is 2.43 bits per heavy atom. The fourth-order valence-electron chi connectivity index (χ4n) is 3.06. The number of primary amides is 1. The van der Waals surface area contributed by atoms with Crippen LogP contribution in [0.1, 0.15) is 18.0 Å². The number of carbonyl (C=O) groups is 3. The van der Waals surface area contributed by atoms with E-state index in [-0.39, 0.29) is 6.42 Å². The summed E-state index contributed by atoms with van der Waals surface area (Å²) in [6, 6.07) is 18.3. The summed E-state index contributed by atoms with van der Waals surface area (Å²) >= 11 is 6.14. The van der Waals surface area contributed by atoms with Gasteiger partial charge in [0, 0.05) is 16.1 Å². The van der Waals surface area contributed by atoms with Crippen molar-refractivity contribution in [1.82, 2.24) is 5.32 Å². The van der Waals surface area contributed by atoms with Crippen LogP contribution < -0.4 is 16.4 Å². The SMILES string of the molecule is NC(=O)NC(CC(=O)OCC(=O)Nc1cccc2ccccc12)c1ccccc1Cl. The van der Waals surface area contributed by atoms with E-state index in [4.69, 9.17) is 22.1 Å². The summed E-state index contributed by atoms with van der Waals surface area (Å²) in [6.07, 6.45) is -0.228. The van der Waals surface area contributed by atoms with Crippen molar-refractivity contribution in [3.8, 4) is 0 Å². The van der Waals surface area contributed by atoms with Gasteiger partial charge < -0.3 is 21.1 Å². The first-order valence-corrected chi connectivity index (χ1v) is 9.55. The molecule has 0 aliphatic heterocycles. The van der Waals surface area contributed by atoms with E-state index in [9.17, 15) is 14.4 Å². The van der Waals surface area contributed by atoms with Gasteiger partial charge in [0.15, 0.2) is 6.61 Å². The number of amides is 3. The first-order chi connectivity index (χ1) is 14.4. The van der Waals surface area contributed by atoms with Gasteiger partial charge in [0.2, 0.25) is 0 Å². The number of fused-ring (bicyclic) bond motifs is 1. The molecule has 3 aromatic carbocycles. The van der Waals surface area contributed by atoms with E-state index < -0.39 is 30.6 Å². The van der Waals surface area contributed by atoms with Gasteiger partial charge in [-0.25, -0.2) is 4.79 Å². The Kier molecular flexibility index (Phi) is 6.87. The first-order valence-electron chi connectivity index (χ1n) is 9.17. The number of benzene rings is 3. The van der Waals surface area contributed by atoms with Crippen molar-refractivity contribution in [3.05, 3.63) is 77.3 Å². The van der Waals surface area contributed by atoms with E-state index in [1.165, 1.54) is 0 Å². The highest BCUT2D eigenvalue weighted by atomic mass is 35.5. The van der Waals surface area contributed by atoms with Crippen LogP contribution in [0.2, 0.25) is 5.02 Å². The Morgan fingerprint density at radius 2 is 1.67 bits per heavy atom. The number of urea groups is 1. The van der Waals surface area contributed by atoms with Gasteiger partial charge in [-0.3, -0.25) is 9.59 Å². The second-order valence-electron chi connectivity index (χ2n) is 6.52. The van der Waals surface area contributed by atoms with Gasteiger partial charge in [-0.15, -0.1) is 0 Å². The highest BCUT2D eigenvalue weighted by Crippen LogP contribution is 2.25. The molecule has 0 aliphatic rings. The molecule has 30 heavy (non-hydrogen) atoms. The van der Waals surface area contributed by atoms with Crippen molar-refractivity contribution in [2.75, 3.05) is 11.9 Å². The van der Waals surface area contributed by atoms with Gasteiger partial charge in [0.1, 0.15) is 0 Å². The normalized spacial score (nSPS) is 11.5. The predicted octanol–water partition coefficient (Wildman–Crippen LogP) is 3.77. The van der Waals surface area contributed by atoms with Crippen molar-refractivity contribution in [1.29, 1.82) is 0 Å². The molecule has 3 rings (SSSR count). The number of esters is 1. The lowest BCUT2D eigenvalue weighted by atomic mass is 10.0. The largest absolute Gasteiger partial charge is 0.455 e. The molecule has 0 fully saturated rings. The summed E-state index contributed by atoms with van der Waals surface area (Å²) in [5, 5.41) is 7.44. The van der Waals surface area contributed by atoms with Gasteiger partial charge in [-0.1, -0.05) is 66.2 Å². The molecule has 1 atom stereocenters. The Hall–Kier alpha value is -3.58. The predicted molar refractivity (Wildman–Crippen MR) is 115 cm³/mol. The molecule has 154 valence electrons. The molecule has 0 bridgehead atoms. The topological polar surface area (TPSA) is 111 Å². The molecule has 0 aliphatic carbocycles. The maximum absolute atomic E-state index is 12.3. The van der Waals surface area contributed by atoms with Crippen LogP contribution in [0.3, 0.4) is 0 Å². The quantitative estimate of drug-likeness (QED) is 0.500. The second kappa shape index (κ2) is 9.76. The Balaban J connectivity index is 1.60. The van der Waals surface area contributed by atoms with Gasteiger partial charge in [-0.05, 0) is 23.1 Å². The van der Waals surface area contributed by atoms with E-state index in [1.807, 2.05) is 36.4 Å². The Bertz CT molecular complexity index is 1080. The molecule has 0 aromatic heterocycles. The molecule has 4 N–H and O–H groups in total. The minimum atomic E-state index is -0.804. The van der Waals surface area contributed by atoms with Crippen molar-refractivity contribution in [2.45, 2.75) is 12.5 Å². The van der Waals surface area contributed by atoms with Crippen LogP contribution in [0.5, 0.6) is 0 Å². The third kappa shape index (κ3) is 5.48. The zero-order chi connectivity index (χ0) is 21.5. The second-order valence-corrected chi connectivity index (χ2v) is 6.93. The number of hydrogen-bond donors (Lipinski definition) is 3. The number of nitrogens with one attached hydrogen (secondary N) is 2. The van der Waals surface area contributed by atoms with E-state index in [0.717, 1.165) is 10.8 Å². The van der Waals surface area contributed by atoms with Crippen molar-refractivity contribution in [2.24, 2.45) is 5.73 Å². The van der Waals surface area contributed by atoms with E-state index >= 15 is 0 Å². The Morgan fingerprint density at radius 1 is 0.967 bits per heavy atom. The maximum Gasteiger partial charge on any atom is 0.312 e. The lowest BCUT2D eigenvalue weighted by Crippen LogP contribution is -2.35. The van der Waals surface area contributed by atoms with Crippen LogP contribution in [-0.4, -0.2) is 24.5 Å². The van der Waals surface area contributed by atoms with Crippen molar-refractivity contribution >= 4 is 46.0 Å². The minimum Gasteiger partial charge on any atom is -0.455 e. The lowest BCUT2D eigenvalue weighted by Gasteiger charge is -2.18. The fraction of sp³-hybridized carbons (Fsp3) is 0.136. The molecule has 0 spiro atoms. The van der Waals surface area contributed by atoms with Crippen LogP contribution in [0.4, 0.5) is 10.5 Å². The van der Waals surface area contributed by atoms with Crippen LogP contribution in [0.25, 0.3) is 10.8 Å². The molecule has 3 aromatic rings. The molecule has 3 amide bonds. The highest BCUT2D eigenvalue weighted by Gasteiger charge is 2.21.